The first-order chi connectivity index (χ1) is 9.87. The van der Waals surface area contributed by atoms with Gasteiger partial charge in [-0.3, -0.25) is 4.72 Å². The van der Waals surface area contributed by atoms with E-state index >= 15 is 0 Å². The summed E-state index contributed by atoms with van der Waals surface area (Å²) in [6, 6.07) is 9.60. The third kappa shape index (κ3) is 4.50. The van der Waals surface area contributed by atoms with Crippen molar-refractivity contribution in [2.75, 3.05) is 10.5 Å². The van der Waals surface area contributed by atoms with Crippen LogP contribution in [0, 0.1) is 0 Å². The van der Waals surface area contributed by atoms with Gasteiger partial charge in [-0.2, -0.15) is 0 Å². The van der Waals surface area contributed by atoms with E-state index in [0.29, 0.717) is 5.13 Å². The summed E-state index contributed by atoms with van der Waals surface area (Å²) in [6.07, 6.45) is 0. The van der Waals surface area contributed by atoms with E-state index in [4.69, 9.17) is 0 Å². The fourth-order valence-corrected chi connectivity index (χ4v) is 4.28. The molecule has 0 bridgehead atoms. The maximum Gasteiger partial charge on any atom is 0.235 e. The number of aromatic nitrogens is 2. The van der Waals surface area contributed by atoms with Crippen molar-refractivity contribution in [2.24, 2.45) is 0 Å². The van der Waals surface area contributed by atoms with E-state index in [0.717, 1.165) is 10.6 Å². The van der Waals surface area contributed by atoms with Crippen LogP contribution in [0.2, 0.25) is 0 Å². The maximum atomic E-state index is 12.2. The van der Waals surface area contributed by atoms with E-state index in [1.54, 1.807) is 0 Å². The molecule has 2 rings (SSSR count). The van der Waals surface area contributed by atoms with Gasteiger partial charge < -0.3 is 0 Å². The number of rotatable bonds is 6. The Kier molecular flexibility index (Phi) is 4.95. The number of hydrogen-bond acceptors (Lipinski definition) is 5. The molecule has 2 aromatic rings. The predicted octanol–water partition coefficient (Wildman–Crippen LogP) is 3.21. The molecule has 0 fully saturated rings. The molecule has 0 amide bonds. The third-order valence-corrected chi connectivity index (χ3v) is 5.73. The molecule has 0 aliphatic carbocycles. The highest BCUT2D eigenvalue weighted by molar-refractivity contribution is 7.92. The molecule has 114 valence electrons. The molecule has 0 aliphatic rings. The summed E-state index contributed by atoms with van der Waals surface area (Å²) in [5, 5.41) is 9.01. The van der Waals surface area contributed by atoms with Crippen LogP contribution in [-0.2, 0) is 10.0 Å². The second-order valence-electron chi connectivity index (χ2n) is 5.30. The Balaban J connectivity index is 2.04. The van der Waals surface area contributed by atoms with Crippen molar-refractivity contribution in [3.05, 3.63) is 40.9 Å². The predicted molar refractivity (Wildman–Crippen MR) is 86.3 cm³/mol. The lowest BCUT2D eigenvalue weighted by atomic mass is 10.0. The van der Waals surface area contributed by atoms with E-state index in [1.807, 2.05) is 51.1 Å². The van der Waals surface area contributed by atoms with Gasteiger partial charge in [-0.05, 0) is 11.5 Å². The van der Waals surface area contributed by atoms with Crippen LogP contribution in [0.15, 0.2) is 30.3 Å². The minimum atomic E-state index is -3.44. The molecule has 0 unspecified atom stereocenters. The molecule has 0 spiro atoms. The zero-order valence-electron chi connectivity index (χ0n) is 12.3. The molecule has 0 saturated carbocycles. The standard InChI is InChI=1S/C14H19N3O2S2/c1-10(2)13-15-16-14(20-13)17-21(18,19)9-11(3)12-7-5-4-6-8-12/h4-8,10-11H,9H2,1-3H3,(H,16,17)/t11-/m1/s1. The van der Waals surface area contributed by atoms with Crippen molar-refractivity contribution < 1.29 is 8.42 Å². The van der Waals surface area contributed by atoms with Gasteiger partial charge in [-0.1, -0.05) is 62.4 Å². The molecule has 0 radical (unpaired) electrons. The highest BCUT2D eigenvalue weighted by Gasteiger charge is 2.19. The van der Waals surface area contributed by atoms with Crippen LogP contribution in [0.5, 0.6) is 0 Å². The van der Waals surface area contributed by atoms with E-state index in [1.165, 1.54) is 11.3 Å². The molecule has 21 heavy (non-hydrogen) atoms. The monoisotopic (exact) mass is 325 g/mol. The van der Waals surface area contributed by atoms with Gasteiger partial charge in [0.2, 0.25) is 15.2 Å². The highest BCUT2D eigenvalue weighted by Crippen LogP contribution is 2.24. The molecular weight excluding hydrogens is 306 g/mol. The normalized spacial score (nSPS) is 13.3. The van der Waals surface area contributed by atoms with E-state index in [2.05, 4.69) is 14.9 Å². The molecule has 1 atom stereocenters. The summed E-state index contributed by atoms with van der Waals surface area (Å²) < 4.78 is 26.9. The molecule has 0 aliphatic heterocycles. The Morgan fingerprint density at radius 2 is 1.81 bits per heavy atom. The fraction of sp³-hybridized carbons (Fsp3) is 0.429. The number of nitrogens with one attached hydrogen (secondary N) is 1. The average molecular weight is 325 g/mol. The topological polar surface area (TPSA) is 72.0 Å². The first-order valence-corrected chi connectivity index (χ1v) is 9.23. The summed E-state index contributed by atoms with van der Waals surface area (Å²) >= 11 is 1.28. The molecular formula is C14H19N3O2S2. The summed E-state index contributed by atoms with van der Waals surface area (Å²) in [5.74, 6) is 0.179. The maximum absolute atomic E-state index is 12.2. The Morgan fingerprint density at radius 3 is 2.38 bits per heavy atom. The lowest BCUT2D eigenvalue weighted by Gasteiger charge is -2.12. The third-order valence-electron chi connectivity index (χ3n) is 3.02. The van der Waals surface area contributed by atoms with Crippen LogP contribution in [0.4, 0.5) is 5.13 Å². The zero-order valence-corrected chi connectivity index (χ0v) is 13.9. The number of sulfonamides is 1. The summed E-state index contributed by atoms with van der Waals surface area (Å²) in [6.45, 7) is 5.89. The first kappa shape index (κ1) is 15.9. The van der Waals surface area contributed by atoms with Gasteiger partial charge in [-0.15, -0.1) is 10.2 Å². The van der Waals surface area contributed by atoms with Gasteiger partial charge in [0.1, 0.15) is 5.01 Å². The van der Waals surface area contributed by atoms with Gasteiger partial charge >= 0.3 is 0 Å². The Bertz CT molecular complexity index is 681. The fourth-order valence-electron chi connectivity index (χ4n) is 1.89. The van der Waals surface area contributed by atoms with Crippen LogP contribution >= 0.6 is 11.3 Å². The molecule has 7 heteroatoms. The van der Waals surface area contributed by atoms with Crippen LogP contribution < -0.4 is 4.72 Å². The van der Waals surface area contributed by atoms with E-state index in [9.17, 15) is 8.42 Å². The Hall–Kier alpha value is -1.47. The SMILES string of the molecule is CC(C)c1nnc(NS(=O)(=O)C[C@@H](C)c2ccccc2)s1. The second kappa shape index (κ2) is 6.53. The van der Waals surface area contributed by atoms with Gasteiger partial charge in [-0.25, -0.2) is 8.42 Å². The average Bonchev–Trinajstić information content (AvgIpc) is 2.87. The summed E-state index contributed by atoms with van der Waals surface area (Å²) in [5.41, 5.74) is 1.00. The Labute approximate surface area is 129 Å². The number of hydrogen-bond donors (Lipinski definition) is 1. The van der Waals surface area contributed by atoms with Crippen molar-refractivity contribution in [3.8, 4) is 0 Å². The van der Waals surface area contributed by atoms with Crippen LogP contribution in [-0.4, -0.2) is 24.4 Å². The Morgan fingerprint density at radius 1 is 1.14 bits per heavy atom. The number of benzene rings is 1. The van der Waals surface area contributed by atoms with Crippen LogP contribution in [0.3, 0.4) is 0 Å². The minimum Gasteiger partial charge on any atom is -0.257 e. The summed E-state index contributed by atoms with van der Waals surface area (Å²) in [4.78, 5) is 0. The molecule has 1 aromatic heterocycles. The minimum absolute atomic E-state index is 0.0214. The van der Waals surface area contributed by atoms with Crippen molar-refractivity contribution >= 4 is 26.5 Å². The van der Waals surface area contributed by atoms with E-state index in [-0.39, 0.29) is 17.6 Å². The van der Waals surface area contributed by atoms with Crippen LogP contribution in [0.1, 0.15) is 43.2 Å². The van der Waals surface area contributed by atoms with Crippen LogP contribution in [0.25, 0.3) is 0 Å². The molecule has 5 nitrogen and oxygen atoms in total. The number of anilines is 1. The van der Waals surface area contributed by atoms with Crippen molar-refractivity contribution in [3.63, 3.8) is 0 Å². The quantitative estimate of drug-likeness (QED) is 0.885. The highest BCUT2D eigenvalue weighted by atomic mass is 32.2. The van der Waals surface area contributed by atoms with Gasteiger partial charge in [0.25, 0.3) is 0 Å². The van der Waals surface area contributed by atoms with Gasteiger partial charge in [0.05, 0.1) is 5.75 Å². The van der Waals surface area contributed by atoms with Gasteiger partial charge in [0, 0.05) is 5.92 Å². The molecule has 1 aromatic carbocycles. The van der Waals surface area contributed by atoms with Crippen molar-refractivity contribution in [2.45, 2.75) is 32.6 Å². The van der Waals surface area contributed by atoms with Crippen molar-refractivity contribution in [1.29, 1.82) is 0 Å². The van der Waals surface area contributed by atoms with E-state index < -0.39 is 10.0 Å². The molecule has 1 N–H and O–H groups in total. The second-order valence-corrected chi connectivity index (χ2v) is 8.07. The zero-order chi connectivity index (χ0) is 15.5. The van der Waals surface area contributed by atoms with Crippen molar-refractivity contribution in [1.82, 2.24) is 10.2 Å². The lowest BCUT2D eigenvalue weighted by molar-refractivity contribution is 0.595. The summed E-state index contributed by atoms with van der Waals surface area (Å²) in [7, 11) is -3.44. The molecule has 0 saturated heterocycles. The first-order valence-electron chi connectivity index (χ1n) is 6.76. The van der Waals surface area contributed by atoms with Gasteiger partial charge in [0.15, 0.2) is 0 Å². The largest absolute Gasteiger partial charge is 0.257 e. The number of nitrogens with zero attached hydrogens (tertiary/aromatic N) is 2. The smallest absolute Gasteiger partial charge is 0.235 e. The lowest BCUT2D eigenvalue weighted by Crippen LogP contribution is -2.20. The molecule has 1 heterocycles.